The fourth-order valence-electron chi connectivity index (χ4n) is 2.54. The van der Waals surface area contributed by atoms with Crippen LogP contribution in [0.3, 0.4) is 0 Å². The van der Waals surface area contributed by atoms with E-state index in [1.54, 1.807) is 4.57 Å². The number of pyridine rings is 1. The molecule has 1 heterocycles. The SMILES string of the molecule is CC(C)N=c1ccccn1C(=O)C1CCCCC1. The van der Waals surface area contributed by atoms with Gasteiger partial charge in [0.15, 0.2) is 0 Å². The van der Waals surface area contributed by atoms with Crippen LogP contribution in [0.2, 0.25) is 0 Å². The summed E-state index contributed by atoms with van der Waals surface area (Å²) in [7, 11) is 0. The van der Waals surface area contributed by atoms with Crippen molar-refractivity contribution in [3.05, 3.63) is 29.9 Å². The van der Waals surface area contributed by atoms with Gasteiger partial charge in [-0.25, -0.2) is 0 Å². The lowest BCUT2D eigenvalue weighted by molar-refractivity contribution is 0.0795. The van der Waals surface area contributed by atoms with Gasteiger partial charge < -0.3 is 0 Å². The summed E-state index contributed by atoms with van der Waals surface area (Å²) < 4.78 is 1.73. The van der Waals surface area contributed by atoms with Crippen LogP contribution in [0.25, 0.3) is 0 Å². The predicted octanol–water partition coefficient (Wildman–Crippen LogP) is 3.02. The summed E-state index contributed by atoms with van der Waals surface area (Å²) in [5, 5.41) is 0. The first-order chi connectivity index (χ1) is 8.68. The third-order valence-electron chi connectivity index (χ3n) is 3.42. The van der Waals surface area contributed by atoms with Gasteiger partial charge in [-0.2, -0.15) is 0 Å². The standard InChI is InChI=1S/C15H22N2O/c1-12(2)16-14-10-6-7-11-17(14)15(18)13-8-4-3-5-9-13/h6-7,10-13H,3-5,8-9H2,1-2H3. The smallest absolute Gasteiger partial charge is 0.235 e. The Kier molecular flexibility index (Phi) is 4.34. The Morgan fingerprint density at radius 1 is 1.28 bits per heavy atom. The quantitative estimate of drug-likeness (QED) is 0.790. The first-order valence-corrected chi connectivity index (χ1v) is 6.94. The zero-order valence-electron chi connectivity index (χ0n) is 11.3. The lowest BCUT2D eigenvalue weighted by atomic mass is 9.88. The normalized spacial score (nSPS) is 18.3. The molecule has 0 radical (unpaired) electrons. The Labute approximate surface area is 109 Å². The molecule has 3 heteroatoms. The Morgan fingerprint density at radius 3 is 2.67 bits per heavy atom. The molecule has 0 aliphatic heterocycles. The van der Waals surface area contributed by atoms with Gasteiger partial charge in [0.25, 0.3) is 0 Å². The van der Waals surface area contributed by atoms with Crippen molar-refractivity contribution >= 4 is 5.91 Å². The number of carbonyl (C=O) groups excluding carboxylic acids is 1. The second-order valence-electron chi connectivity index (χ2n) is 5.32. The molecule has 0 amide bonds. The van der Waals surface area contributed by atoms with Crippen LogP contribution < -0.4 is 5.49 Å². The maximum absolute atomic E-state index is 12.5. The van der Waals surface area contributed by atoms with E-state index in [9.17, 15) is 4.79 Å². The zero-order valence-corrected chi connectivity index (χ0v) is 11.3. The molecule has 1 aliphatic carbocycles. The van der Waals surface area contributed by atoms with Crippen LogP contribution in [0.4, 0.5) is 0 Å². The number of hydrogen-bond acceptors (Lipinski definition) is 2. The molecule has 2 rings (SSSR count). The van der Waals surface area contributed by atoms with Gasteiger partial charge in [-0.05, 0) is 38.8 Å². The first kappa shape index (κ1) is 13.1. The summed E-state index contributed by atoms with van der Waals surface area (Å²) in [6.45, 7) is 4.06. The van der Waals surface area contributed by atoms with Crippen molar-refractivity contribution in [3.63, 3.8) is 0 Å². The van der Waals surface area contributed by atoms with Crippen molar-refractivity contribution < 1.29 is 4.79 Å². The van der Waals surface area contributed by atoms with Crippen molar-refractivity contribution in [2.45, 2.75) is 52.0 Å². The van der Waals surface area contributed by atoms with Crippen molar-refractivity contribution in [2.75, 3.05) is 0 Å². The maximum atomic E-state index is 12.5. The Balaban J connectivity index is 2.29. The second kappa shape index (κ2) is 5.98. The fourth-order valence-corrected chi connectivity index (χ4v) is 2.54. The van der Waals surface area contributed by atoms with Crippen LogP contribution >= 0.6 is 0 Å². The van der Waals surface area contributed by atoms with Gasteiger partial charge in [-0.15, -0.1) is 0 Å². The van der Waals surface area contributed by atoms with Crippen LogP contribution in [-0.4, -0.2) is 16.5 Å². The summed E-state index contributed by atoms with van der Waals surface area (Å²) >= 11 is 0. The number of carbonyl (C=O) groups is 1. The molecule has 1 aromatic heterocycles. The van der Waals surface area contributed by atoms with Crippen LogP contribution in [-0.2, 0) is 0 Å². The minimum absolute atomic E-state index is 0.187. The molecular formula is C15H22N2O. The third-order valence-corrected chi connectivity index (χ3v) is 3.42. The number of aromatic nitrogens is 1. The van der Waals surface area contributed by atoms with E-state index in [0.717, 1.165) is 18.3 Å². The highest BCUT2D eigenvalue weighted by atomic mass is 16.2. The third kappa shape index (κ3) is 3.09. The molecule has 0 bridgehead atoms. The zero-order chi connectivity index (χ0) is 13.0. The molecule has 0 atom stereocenters. The van der Waals surface area contributed by atoms with E-state index in [2.05, 4.69) is 4.99 Å². The van der Waals surface area contributed by atoms with E-state index in [1.807, 2.05) is 38.2 Å². The minimum atomic E-state index is 0.187. The van der Waals surface area contributed by atoms with Gasteiger partial charge >= 0.3 is 0 Å². The molecule has 0 aromatic carbocycles. The fraction of sp³-hybridized carbons (Fsp3) is 0.600. The Morgan fingerprint density at radius 2 is 2.00 bits per heavy atom. The number of rotatable bonds is 2. The highest BCUT2D eigenvalue weighted by molar-refractivity contribution is 5.81. The maximum Gasteiger partial charge on any atom is 0.235 e. The molecule has 3 nitrogen and oxygen atoms in total. The van der Waals surface area contributed by atoms with Crippen LogP contribution in [0.5, 0.6) is 0 Å². The van der Waals surface area contributed by atoms with Crippen molar-refractivity contribution in [1.82, 2.24) is 4.57 Å². The highest BCUT2D eigenvalue weighted by Crippen LogP contribution is 2.24. The Bertz CT molecular complexity index is 467. The van der Waals surface area contributed by atoms with Crippen molar-refractivity contribution in [3.8, 4) is 0 Å². The second-order valence-corrected chi connectivity index (χ2v) is 5.32. The van der Waals surface area contributed by atoms with Gasteiger partial charge in [-0.3, -0.25) is 14.4 Å². The molecule has 1 saturated carbocycles. The van der Waals surface area contributed by atoms with E-state index >= 15 is 0 Å². The molecule has 1 fully saturated rings. The van der Waals surface area contributed by atoms with Gasteiger partial charge in [-0.1, -0.05) is 25.3 Å². The van der Waals surface area contributed by atoms with Gasteiger partial charge in [0.05, 0.1) is 0 Å². The summed E-state index contributed by atoms with van der Waals surface area (Å²) in [4.78, 5) is 17.0. The predicted molar refractivity (Wildman–Crippen MR) is 72.3 cm³/mol. The van der Waals surface area contributed by atoms with Gasteiger partial charge in [0.2, 0.25) is 5.91 Å². The molecule has 98 valence electrons. The number of hydrogen-bond donors (Lipinski definition) is 0. The average Bonchev–Trinajstić information content (AvgIpc) is 2.39. The van der Waals surface area contributed by atoms with Crippen molar-refractivity contribution in [1.29, 1.82) is 0 Å². The van der Waals surface area contributed by atoms with E-state index in [-0.39, 0.29) is 17.9 Å². The highest BCUT2D eigenvalue weighted by Gasteiger charge is 2.22. The van der Waals surface area contributed by atoms with E-state index < -0.39 is 0 Å². The molecule has 0 saturated heterocycles. The van der Waals surface area contributed by atoms with Crippen LogP contribution in [0, 0.1) is 5.92 Å². The molecule has 0 N–H and O–H groups in total. The molecule has 1 aromatic rings. The molecular weight excluding hydrogens is 224 g/mol. The first-order valence-electron chi connectivity index (χ1n) is 6.94. The van der Waals surface area contributed by atoms with E-state index in [4.69, 9.17) is 0 Å². The summed E-state index contributed by atoms with van der Waals surface area (Å²) in [6, 6.07) is 5.96. The molecule has 0 unspecified atom stereocenters. The molecule has 1 aliphatic rings. The summed E-state index contributed by atoms with van der Waals surface area (Å²) in [5.74, 6) is 0.405. The van der Waals surface area contributed by atoms with E-state index in [0.29, 0.717) is 0 Å². The van der Waals surface area contributed by atoms with Gasteiger partial charge in [0.1, 0.15) is 5.49 Å². The average molecular weight is 246 g/mol. The summed E-state index contributed by atoms with van der Waals surface area (Å²) in [5.41, 5.74) is 0.781. The largest absolute Gasteiger partial charge is 0.274 e. The van der Waals surface area contributed by atoms with Gasteiger partial charge in [0, 0.05) is 18.2 Å². The summed E-state index contributed by atoms with van der Waals surface area (Å²) in [6.07, 6.45) is 7.54. The topological polar surface area (TPSA) is 34.4 Å². The minimum Gasteiger partial charge on any atom is -0.274 e. The molecule has 18 heavy (non-hydrogen) atoms. The van der Waals surface area contributed by atoms with Crippen LogP contribution in [0.1, 0.15) is 50.7 Å². The monoisotopic (exact) mass is 246 g/mol. The van der Waals surface area contributed by atoms with E-state index in [1.165, 1.54) is 19.3 Å². The lowest BCUT2D eigenvalue weighted by Gasteiger charge is -2.21. The molecule has 0 spiro atoms. The Hall–Kier alpha value is -1.38. The number of nitrogens with zero attached hydrogens (tertiary/aromatic N) is 2. The van der Waals surface area contributed by atoms with Crippen LogP contribution in [0.15, 0.2) is 29.4 Å². The van der Waals surface area contributed by atoms with Crippen molar-refractivity contribution in [2.24, 2.45) is 10.9 Å². The lowest BCUT2D eigenvalue weighted by Crippen LogP contribution is -2.33.